The van der Waals surface area contributed by atoms with Crippen molar-refractivity contribution in [2.24, 2.45) is 11.8 Å². The molecular formula is C12H22N2O. The van der Waals surface area contributed by atoms with Gasteiger partial charge in [0, 0.05) is 25.6 Å². The average Bonchev–Trinajstić information content (AvgIpc) is 3.04. The molecule has 0 aromatic carbocycles. The summed E-state index contributed by atoms with van der Waals surface area (Å²) in [6.07, 6.45) is 4.77. The third-order valence-electron chi connectivity index (χ3n) is 3.84. The lowest BCUT2D eigenvalue weighted by atomic mass is 9.91. The number of nitrogens with zero attached hydrogens (tertiary/aromatic N) is 1. The molecule has 1 saturated carbocycles. The fourth-order valence-corrected chi connectivity index (χ4v) is 2.49. The Morgan fingerprint density at radius 3 is 2.67 bits per heavy atom. The molecular weight excluding hydrogens is 188 g/mol. The molecule has 2 rings (SSSR count). The summed E-state index contributed by atoms with van der Waals surface area (Å²) in [6.45, 7) is 3.97. The van der Waals surface area contributed by atoms with Crippen molar-refractivity contribution in [1.82, 2.24) is 10.2 Å². The first-order valence-electron chi connectivity index (χ1n) is 6.15. The highest BCUT2D eigenvalue weighted by Crippen LogP contribution is 2.41. The number of hydrogen-bond acceptors (Lipinski definition) is 2. The van der Waals surface area contributed by atoms with Crippen LogP contribution in [0.4, 0.5) is 0 Å². The number of likely N-dealkylation sites (N-methyl/N-ethyl adjacent to an activating group) is 1. The van der Waals surface area contributed by atoms with Gasteiger partial charge in [0.05, 0.1) is 0 Å². The summed E-state index contributed by atoms with van der Waals surface area (Å²) in [5.74, 6) is 1.97. The quantitative estimate of drug-likeness (QED) is 0.757. The minimum Gasteiger partial charge on any atom is -0.341 e. The maximum Gasteiger partial charge on any atom is 0.222 e. The van der Waals surface area contributed by atoms with E-state index in [0.717, 1.165) is 25.4 Å². The molecule has 3 nitrogen and oxygen atoms in total. The largest absolute Gasteiger partial charge is 0.341 e. The number of rotatable bonds is 4. The first-order valence-corrected chi connectivity index (χ1v) is 6.15. The van der Waals surface area contributed by atoms with Gasteiger partial charge in [-0.05, 0) is 45.1 Å². The Bertz CT molecular complexity index is 238. The number of hydrogen-bond donors (Lipinski definition) is 1. The van der Waals surface area contributed by atoms with Crippen molar-refractivity contribution in [2.75, 3.05) is 20.1 Å². The molecule has 1 amide bonds. The Kier molecular flexibility index (Phi) is 3.29. The Hall–Kier alpha value is -0.570. The van der Waals surface area contributed by atoms with Gasteiger partial charge in [0.25, 0.3) is 0 Å². The SMILES string of the molecule is CNC(C)CN1CCC(C2CC2)CC1=O. The van der Waals surface area contributed by atoms with E-state index in [-0.39, 0.29) is 0 Å². The van der Waals surface area contributed by atoms with Gasteiger partial charge >= 0.3 is 0 Å². The molecule has 2 aliphatic rings. The highest BCUT2D eigenvalue weighted by molar-refractivity contribution is 5.77. The van der Waals surface area contributed by atoms with Crippen molar-refractivity contribution in [3.63, 3.8) is 0 Å². The third-order valence-corrected chi connectivity index (χ3v) is 3.84. The van der Waals surface area contributed by atoms with Crippen LogP contribution in [-0.2, 0) is 4.79 Å². The molecule has 15 heavy (non-hydrogen) atoms. The molecule has 2 atom stereocenters. The third kappa shape index (κ3) is 2.71. The van der Waals surface area contributed by atoms with Gasteiger partial charge in [-0.3, -0.25) is 4.79 Å². The molecule has 1 heterocycles. The van der Waals surface area contributed by atoms with Gasteiger partial charge in [0.1, 0.15) is 0 Å². The molecule has 0 spiro atoms. The topological polar surface area (TPSA) is 32.3 Å². The fraction of sp³-hybridized carbons (Fsp3) is 0.917. The summed E-state index contributed by atoms with van der Waals surface area (Å²) in [5, 5.41) is 3.19. The van der Waals surface area contributed by atoms with Gasteiger partial charge in [0.2, 0.25) is 5.91 Å². The molecule has 0 bridgehead atoms. The minimum absolute atomic E-state index is 0.375. The van der Waals surface area contributed by atoms with E-state index in [9.17, 15) is 4.79 Å². The number of piperidine rings is 1. The summed E-state index contributed by atoms with van der Waals surface area (Å²) in [6, 6.07) is 0.409. The van der Waals surface area contributed by atoms with Crippen molar-refractivity contribution >= 4 is 5.91 Å². The number of nitrogens with one attached hydrogen (secondary N) is 1. The smallest absolute Gasteiger partial charge is 0.222 e. The highest BCUT2D eigenvalue weighted by Gasteiger charge is 2.36. The monoisotopic (exact) mass is 210 g/mol. The lowest BCUT2D eigenvalue weighted by Crippen LogP contribution is -2.45. The van der Waals surface area contributed by atoms with Crippen molar-refractivity contribution in [2.45, 2.75) is 38.6 Å². The van der Waals surface area contributed by atoms with Gasteiger partial charge in [0.15, 0.2) is 0 Å². The summed E-state index contributed by atoms with van der Waals surface area (Å²) in [4.78, 5) is 13.9. The number of carbonyl (C=O) groups excluding carboxylic acids is 1. The van der Waals surface area contributed by atoms with Crippen LogP contribution in [0.15, 0.2) is 0 Å². The molecule has 2 fully saturated rings. The Balaban J connectivity index is 1.81. The zero-order valence-electron chi connectivity index (χ0n) is 9.83. The Labute approximate surface area is 92.2 Å². The zero-order valence-corrected chi connectivity index (χ0v) is 9.83. The van der Waals surface area contributed by atoms with Gasteiger partial charge in [-0.15, -0.1) is 0 Å². The summed E-state index contributed by atoms with van der Waals surface area (Å²) < 4.78 is 0. The highest BCUT2D eigenvalue weighted by atomic mass is 16.2. The van der Waals surface area contributed by atoms with E-state index in [1.165, 1.54) is 19.3 Å². The van der Waals surface area contributed by atoms with Crippen LogP contribution in [-0.4, -0.2) is 37.0 Å². The molecule has 86 valence electrons. The second-order valence-corrected chi connectivity index (χ2v) is 5.12. The lowest BCUT2D eigenvalue weighted by Gasteiger charge is -2.33. The van der Waals surface area contributed by atoms with Crippen LogP contribution in [0.2, 0.25) is 0 Å². The molecule has 0 radical (unpaired) electrons. The first-order chi connectivity index (χ1) is 7.20. The average molecular weight is 210 g/mol. The van der Waals surface area contributed by atoms with Crippen molar-refractivity contribution in [3.05, 3.63) is 0 Å². The van der Waals surface area contributed by atoms with Gasteiger partial charge in [-0.25, -0.2) is 0 Å². The Morgan fingerprint density at radius 1 is 1.40 bits per heavy atom. The molecule has 1 N–H and O–H groups in total. The number of likely N-dealkylation sites (tertiary alicyclic amines) is 1. The van der Waals surface area contributed by atoms with Gasteiger partial charge in [-0.2, -0.15) is 0 Å². The van der Waals surface area contributed by atoms with Crippen LogP contribution in [0.3, 0.4) is 0 Å². The van der Waals surface area contributed by atoms with Crippen molar-refractivity contribution in [1.29, 1.82) is 0 Å². The second-order valence-electron chi connectivity index (χ2n) is 5.12. The molecule has 1 saturated heterocycles. The molecule has 2 unspecified atom stereocenters. The maximum absolute atomic E-state index is 11.9. The minimum atomic E-state index is 0.375. The van der Waals surface area contributed by atoms with E-state index < -0.39 is 0 Å². The second kappa shape index (κ2) is 4.52. The van der Waals surface area contributed by atoms with E-state index in [2.05, 4.69) is 12.2 Å². The van der Waals surface area contributed by atoms with Crippen LogP contribution in [0.5, 0.6) is 0 Å². The predicted octanol–water partition coefficient (Wildman–Crippen LogP) is 1.24. The van der Waals surface area contributed by atoms with E-state index in [0.29, 0.717) is 17.9 Å². The maximum atomic E-state index is 11.9. The van der Waals surface area contributed by atoms with E-state index in [1.807, 2.05) is 11.9 Å². The van der Waals surface area contributed by atoms with E-state index in [1.54, 1.807) is 0 Å². The van der Waals surface area contributed by atoms with Gasteiger partial charge in [-0.1, -0.05) is 0 Å². The van der Waals surface area contributed by atoms with Crippen LogP contribution in [0.25, 0.3) is 0 Å². The summed E-state index contributed by atoms with van der Waals surface area (Å²) in [5.41, 5.74) is 0. The molecule has 3 heteroatoms. The van der Waals surface area contributed by atoms with Crippen molar-refractivity contribution in [3.8, 4) is 0 Å². The normalized spacial score (nSPS) is 29.3. The van der Waals surface area contributed by atoms with Crippen LogP contribution >= 0.6 is 0 Å². The first kappa shape index (κ1) is 10.9. The predicted molar refractivity (Wildman–Crippen MR) is 60.5 cm³/mol. The fourth-order valence-electron chi connectivity index (χ4n) is 2.49. The number of amides is 1. The standard InChI is InChI=1S/C12H22N2O/c1-9(13-2)8-14-6-5-11(7-12(14)15)10-3-4-10/h9-11,13H,3-8H2,1-2H3. The lowest BCUT2D eigenvalue weighted by molar-refractivity contribution is -0.135. The molecule has 1 aliphatic heterocycles. The molecule has 0 aromatic rings. The molecule has 1 aliphatic carbocycles. The molecule has 0 aromatic heterocycles. The van der Waals surface area contributed by atoms with Crippen LogP contribution in [0.1, 0.15) is 32.6 Å². The van der Waals surface area contributed by atoms with Gasteiger partial charge < -0.3 is 10.2 Å². The summed E-state index contributed by atoms with van der Waals surface area (Å²) >= 11 is 0. The van der Waals surface area contributed by atoms with E-state index >= 15 is 0 Å². The van der Waals surface area contributed by atoms with Crippen molar-refractivity contribution < 1.29 is 4.79 Å². The van der Waals surface area contributed by atoms with Crippen LogP contribution in [0, 0.1) is 11.8 Å². The number of carbonyl (C=O) groups is 1. The van der Waals surface area contributed by atoms with Crippen LogP contribution < -0.4 is 5.32 Å². The zero-order chi connectivity index (χ0) is 10.8. The van der Waals surface area contributed by atoms with E-state index in [4.69, 9.17) is 0 Å². The summed E-state index contributed by atoms with van der Waals surface area (Å²) in [7, 11) is 1.95. The Morgan fingerprint density at radius 2 is 2.13 bits per heavy atom.